The second kappa shape index (κ2) is 5.59. The summed E-state index contributed by atoms with van der Waals surface area (Å²) >= 11 is 0. The molecule has 0 saturated carbocycles. The fourth-order valence-corrected chi connectivity index (χ4v) is 1.78. The third-order valence-electron chi connectivity index (χ3n) is 2.61. The zero-order valence-electron chi connectivity index (χ0n) is 10.3. The van der Waals surface area contributed by atoms with Crippen LogP contribution < -0.4 is 5.32 Å². The zero-order valence-corrected chi connectivity index (χ0v) is 10.3. The molecule has 4 nitrogen and oxygen atoms in total. The molecule has 2 heterocycles. The molecule has 0 saturated heterocycles. The van der Waals surface area contributed by atoms with E-state index in [1.807, 2.05) is 30.3 Å². The van der Waals surface area contributed by atoms with E-state index in [9.17, 15) is 0 Å². The molecule has 0 aromatic carbocycles. The molecule has 2 rings (SSSR count). The van der Waals surface area contributed by atoms with Gasteiger partial charge in [-0.3, -0.25) is 9.67 Å². The summed E-state index contributed by atoms with van der Waals surface area (Å²) in [6, 6.07) is 2.16. The largest absolute Gasteiger partial charge is 0.312 e. The Balaban J connectivity index is 1.73. The molecule has 1 N–H and O–H groups in total. The van der Waals surface area contributed by atoms with Gasteiger partial charge >= 0.3 is 0 Å². The Hall–Kier alpha value is -1.68. The highest BCUT2D eigenvalue weighted by atomic mass is 15.2. The predicted octanol–water partition coefficient (Wildman–Crippen LogP) is 1.46. The summed E-state index contributed by atoms with van der Waals surface area (Å²) in [7, 11) is 1.94. The lowest BCUT2D eigenvalue weighted by Gasteiger charge is -2.04. The van der Waals surface area contributed by atoms with Gasteiger partial charge in [0.05, 0.1) is 6.20 Å². The van der Waals surface area contributed by atoms with Crippen LogP contribution in [0.25, 0.3) is 0 Å². The van der Waals surface area contributed by atoms with E-state index >= 15 is 0 Å². The number of nitrogens with zero attached hydrogens (tertiary/aromatic N) is 3. The van der Waals surface area contributed by atoms with E-state index in [1.165, 1.54) is 16.7 Å². The second-order valence-electron chi connectivity index (χ2n) is 4.32. The molecule has 2 aromatic heterocycles. The highest BCUT2D eigenvalue weighted by Crippen LogP contribution is 2.01. The van der Waals surface area contributed by atoms with E-state index in [0.717, 1.165) is 19.5 Å². The molecule has 0 unspecified atom stereocenters. The van der Waals surface area contributed by atoms with Gasteiger partial charge in [-0.25, -0.2) is 0 Å². The maximum atomic E-state index is 4.17. The van der Waals surface area contributed by atoms with Gasteiger partial charge in [0.25, 0.3) is 0 Å². The van der Waals surface area contributed by atoms with Crippen LogP contribution in [-0.2, 0) is 20.0 Å². The molecule has 0 aliphatic rings. The van der Waals surface area contributed by atoms with Crippen LogP contribution in [0.3, 0.4) is 0 Å². The molecule has 0 aliphatic carbocycles. The van der Waals surface area contributed by atoms with E-state index in [2.05, 4.69) is 34.6 Å². The summed E-state index contributed by atoms with van der Waals surface area (Å²) in [5, 5.41) is 7.55. The summed E-state index contributed by atoms with van der Waals surface area (Å²) in [5.74, 6) is 0. The van der Waals surface area contributed by atoms with Gasteiger partial charge in [-0.05, 0) is 36.6 Å². The third-order valence-corrected chi connectivity index (χ3v) is 2.61. The zero-order chi connectivity index (χ0) is 12.1. The molecule has 0 fully saturated rings. The molecule has 0 bridgehead atoms. The number of hydrogen-bond donors (Lipinski definition) is 1. The summed E-state index contributed by atoms with van der Waals surface area (Å²) in [5.41, 5.74) is 3.70. The van der Waals surface area contributed by atoms with Crippen molar-refractivity contribution in [3.8, 4) is 0 Å². The Kier molecular flexibility index (Phi) is 3.88. The van der Waals surface area contributed by atoms with Crippen molar-refractivity contribution in [1.82, 2.24) is 20.1 Å². The quantitative estimate of drug-likeness (QED) is 0.791. The normalized spacial score (nSPS) is 10.7. The van der Waals surface area contributed by atoms with E-state index in [0.29, 0.717) is 0 Å². The van der Waals surface area contributed by atoms with Gasteiger partial charge in [0, 0.05) is 32.2 Å². The number of aryl methyl sites for hydroxylation is 2. The topological polar surface area (TPSA) is 42.7 Å². The van der Waals surface area contributed by atoms with Gasteiger partial charge < -0.3 is 5.32 Å². The van der Waals surface area contributed by atoms with Crippen molar-refractivity contribution in [3.63, 3.8) is 0 Å². The first-order valence-corrected chi connectivity index (χ1v) is 5.83. The third kappa shape index (κ3) is 3.67. The first-order chi connectivity index (χ1) is 8.24. The van der Waals surface area contributed by atoms with Gasteiger partial charge in [-0.2, -0.15) is 5.10 Å². The number of pyridine rings is 1. The van der Waals surface area contributed by atoms with Gasteiger partial charge in [0.2, 0.25) is 0 Å². The van der Waals surface area contributed by atoms with Crippen molar-refractivity contribution < 1.29 is 0 Å². The molecular formula is C13H18N4. The number of aromatic nitrogens is 3. The van der Waals surface area contributed by atoms with Crippen LogP contribution in [0.15, 0.2) is 30.9 Å². The SMILES string of the molecule is Cc1cncc(CNCCc2cnn(C)c2)c1. The highest BCUT2D eigenvalue weighted by molar-refractivity contribution is 5.16. The van der Waals surface area contributed by atoms with E-state index in [4.69, 9.17) is 0 Å². The highest BCUT2D eigenvalue weighted by Gasteiger charge is 1.97. The average Bonchev–Trinajstić information content (AvgIpc) is 2.71. The smallest absolute Gasteiger partial charge is 0.0522 e. The van der Waals surface area contributed by atoms with Crippen molar-refractivity contribution in [1.29, 1.82) is 0 Å². The Morgan fingerprint density at radius 2 is 2.12 bits per heavy atom. The summed E-state index contributed by atoms with van der Waals surface area (Å²) in [6.07, 6.45) is 8.75. The van der Waals surface area contributed by atoms with Crippen LogP contribution in [0, 0.1) is 6.92 Å². The Morgan fingerprint density at radius 1 is 1.24 bits per heavy atom. The van der Waals surface area contributed by atoms with Crippen molar-refractivity contribution >= 4 is 0 Å². The maximum absolute atomic E-state index is 4.17. The van der Waals surface area contributed by atoms with E-state index in [-0.39, 0.29) is 0 Å². The first kappa shape index (κ1) is 11.8. The van der Waals surface area contributed by atoms with Crippen molar-refractivity contribution in [2.24, 2.45) is 7.05 Å². The number of hydrogen-bond acceptors (Lipinski definition) is 3. The molecule has 0 radical (unpaired) electrons. The standard InChI is InChI=1S/C13H18N4/c1-11-5-13(8-15-6-11)7-14-4-3-12-9-16-17(2)10-12/h5-6,8-10,14H,3-4,7H2,1-2H3. The van der Waals surface area contributed by atoms with Crippen LogP contribution in [0.4, 0.5) is 0 Å². The number of nitrogens with one attached hydrogen (secondary N) is 1. The summed E-state index contributed by atoms with van der Waals surface area (Å²) in [4.78, 5) is 4.17. The Morgan fingerprint density at radius 3 is 2.82 bits per heavy atom. The van der Waals surface area contributed by atoms with E-state index < -0.39 is 0 Å². The Bertz CT molecular complexity index is 476. The lowest BCUT2D eigenvalue weighted by Crippen LogP contribution is -2.16. The minimum Gasteiger partial charge on any atom is -0.312 e. The maximum Gasteiger partial charge on any atom is 0.0522 e. The van der Waals surface area contributed by atoms with Crippen LogP contribution in [-0.4, -0.2) is 21.3 Å². The van der Waals surface area contributed by atoms with Gasteiger partial charge in [0.1, 0.15) is 0 Å². The lowest BCUT2D eigenvalue weighted by molar-refractivity contribution is 0.684. The molecule has 90 valence electrons. The minimum absolute atomic E-state index is 0.870. The average molecular weight is 230 g/mol. The number of rotatable bonds is 5. The second-order valence-corrected chi connectivity index (χ2v) is 4.32. The molecule has 17 heavy (non-hydrogen) atoms. The lowest BCUT2D eigenvalue weighted by atomic mass is 10.2. The van der Waals surface area contributed by atoms with Crippen LogP contribution in [0.5, 0.6) is 0 Å². The molecule has 0 spiro atoms. The molecular weight excluding hydrogens is 212 g/mol. The Labute approximate surface area is 102 Å². The van der Waals surface area contributed by atoms with Crippen LogP contribution in [0.1, 0.15) is 16.7 Å². The van der Waals surface area contributed by atoms with E-state index in [1.54, 1.807) is 0 Å². The van der Waals surface area contributed by atoms with Crippen molar-refractivity contribution in [2.45, 2.75) is 19.9 Å². The molecule has 4 heteroatoms. The van der Waals surface area contributed by atoms with Crippen LogP contribution >= 0.6 is 0 Å². The molecule has 0 aliphatic heterocycles. The predicted molar refractivity (Wildman–Crippen MR) is 67.6 cm³/mol. The minimum atomic E-state index is 0.870. The molecule has 0 amide bonds. The monoisotopic (exact) mass is 230 g/mol. The van der Waals surface area contributed by atoms with Gasteiger partial charge in [-0.1, -0.05) is 6.07 Å². The molecule has 2 aromatic rings. The summed E-state index contributed by atoms with van der Waals surface area (Å²) < 4.78 is 1.83. The summed E-state index contributed by atoms with van der Waals surface area (Å²) in [6.45, 7) is 3.89. The van der Waals surface area contributed by atoms with Gasteiger partial charge in [0.15, 0.2) is 0 Å². The van der Waals surface area contributed by atoms with Crippen LogP contribution in [0.2, 0.25) is 0 Å². The fraction of sp³-hybridized carbons (Fsp3) is 0.385. The van der Waals surface area contributed by atoms with Gasteiger partial charge in [-0.15, -0.1) is 0 Å². The molecule has 0 atom stereocenters. The van der Waals surface area contributed by atoms with Crippen molar-refractivity contribution in [2.75, 3.05) is 6.54 Å². The first-order valence-electron chi connectivity index (χ1n) is 5.83. The fourth-order valence-electron chi connectivity index (χ4n) is 1.78. The van der Waals surface area contributed by atoms with Crippen molar-refractivity contribution in [3.05, 3.63) is 47.5 Å².